The average molecular weight is 563 g/mol. The third-order valence-corrected chi connectivity index (χ3v) is 6.35. The Kier molecular flexibility index (Phi) is 8.40. The minimum atomic E-state index is -0.586. The Balaban J connectivity index is 1.82. The summed E-state index contributed by atoms with van der Waals surface area (Å²) in [6.45, 7) is 6.07. The van der Waals surface area contributed by atoms with Crippen LogP contribution in [0.2, 0.25) is 0 Å². The molecule has 0 radical (unpaired) electrons. The van der Waals surface area contributed by atoms with Gasteiger partial charge >= 0.3 is 6.09 Å². The molecular weight excluding hydrogens is 536 g/mol. The molecule has 1 aliphatic rings. The molecule has 2 aromatic rings. The predicted molar refractivity (Wildman–Crippen MR) is 126 cm³/mol. The number of thiophene rings is 1. The van der Waals surface area contributed by atoms with Crippen molar-refractivity contribution in [3.05, 3.63) is 44.2 Å². The molecule has 1 aromatic heterocycles. The van der Waals surface area contributed by atoms with E-state index in [4.69, 9.17) is 18.9 Å². The fourth-order valence-electron chi connectivity index (χ4n) is 3.10. The van der Waals surface area contributed by atoms with Crippen LogP contribution < -0.4 is 9.47 Å². The lowest BCUT2D eigenvalue weighted by Gasteiger charge is -2.37. The maximum atomic E-state index is 12.6. The van der Waals surface area contributed by atoms with Crippen molar-refractivity contribution in [2.75, 3.05) is 33.0 Å². The van der Waals surface area contributed by atoms with Crippen molar-refractivity contribution >= 4 is 40.0 Å². The molecule has 1 saturated heterocycles. The Morgan fingerprint density at radius 3 is 2.68 bits per heavy atom. The van der Waals surface area contributed by atoms with Gasteiger partial charge in [-0.15, -0.1) is 11.3 Å². The molecule has 2 heterocycles. The molecule has 170 valence electrons. The van der Waals surface area contributed by atoms with Crippen molar-refractivity contribution in [2.45, 2.75) is 38.6 Å². The van der Waals surface area contributed by atoms with Crippen LogP contribution in [0.1, 0.15) is 31.8 Å². The number of hydrogen-bond acceptors (Lipinski definition) is 6. The fraction of sp³-hybridized carbons (Fsp3) is 0.500. The molecule has 1 amide bonds. The molecule has 0 N–H and O–H groups in total. The topological polar surface area (TPSA) is 57.2 Å². The van der Waals surface area contributed by atoms with Gasteiger partial charge in [-0.1, -0.05) is 12.1 Å². The minimum Gasteiger partial charge on any atom is -0.487 e. The number of carbonyl (C=O) groups is 1. The van der Waals surface area contributed by atoms with Crippen molar-refractivity contribution in [2.24, 2.45) is 0 Å². The lowest BCUT2D eigenvalue weighted by Crippen LogP contribution is -2.49. The van der Waals surface area contributed by atoms with Gasteiger partial charge in [-0.2, -0.15) is 0 Å². The van der Waals surface area contributed by atoms with E-state index in [1.54, 1.807) is 28.4 Å². The molecule has 0 saturated carbocycles. The summed E-state index contributed by atoms with van der Waals surface area (Å²) in [7, 11) is 0. The van der Waals surface area contributed by atoms with Crippen LogP contribution in [0, 0.1) is 2.88 Å². The molecule has 3 rings (SSSR count). The zero-order valence-electron chi connectivity index (χ0n) is 17.8. The fourth-order valence-corrected chi connectivity index (χ4v) is 4.86. The number of rotatable bonds is 7. The van der Waals surface area contributed by atoms with Gasteiger partial charge in [0.25, 0.3) is 0 Å². The van der Waals surface area contributed by atoms with E-state index >= 15 is 0 Å². The van der Waals surface area contributed by atoms with Crippen molar-refractivity contribution < 1.29 is 28.1 Å². The highest BCUT2D eigenvalue weighted by atomic mass is 127. The number of halogens is 2. The number of hydrogen-bond donors (Lipinski definition) is 0. The van der Waals surface area contributed by atoms with E-state index in [-0.39, 0.29) is 12.7 Å². The summed E-state index contributed by atoms with van der Waals surface area (Å²) in [5.41, 5.74) is -0.572. The van der Waals surface area contributed by atoms with E-state index in [0.29, 0.717) is 31.2 Å². The molecular formula is C22H27FINO5S. The first kappa shape index (κ1) is 24.1. The SMILES string of the molecule is CC(C)(C)OC(=O)N1CCOC(C(Oc2ccccc2OCCF)c2ccc(I)s2)C1. The van der Waals surface area contributed by atoms with E-state index in [1.807, 2.05) is 45.0 Å². The quantitative estimate of drug-likeness (QED) is 0.419. The van der Waals surface area contributed by atoms with E-state index in [2.05, 4.69) is 22.6 Å². The lowest BCUT2D eigenvalue weighted by molar-refractivity contribution is -0.0832. The maximum Gasteiger partial charge on any atom is 0.410 e. The number of para-hydroxylation sites is 2. The normalized spacial score (nSPS) is 17.8. The van der Waals surface area contributed by atoms with Crippen LogP contribution in [0.5, 0.6) is 11.5 Å². The predicted octanol–water partition coefficient (Wildman–Crippen LogP) is 5.46. The van der Waals surface area contributed by atoms with Gasteiger partial charge in [0.2, 0.25) is 0 Å². The third kappa shape index (κ3) is 6.95. The summed E-state index contributed by atoms with van der Waals surface area (Å²) in [4.78, 5) is 15.2. The van der Waals surface area contributed by atoms with Crippen LogP contribution in [-0.2, 0) is 9.47 Å². The number of alkyl halides is 1. The van der Waals surface area contributed by atoms with Gasteiger partial charge in [-0.3, -0.25) is 0 Å². The molecule has 1 aromatic carbocycles. The number of ether oxygens (including phenoxy) is 4. The smallest absolute Gasteiger partial charge is 0.410 e. The Morgan fingerprint density at radius 1 is 1.29 bits per heavy atom. The van der Waals surface area contributed by atoms with Gasteiger partial charge < -0.3 is 23.8 Å². The zero-order chi connectivity index (χ0) is 22.4. The maximum absolute atomic E-state index is 12.6. The Labute approximate surface area is 199 Å². The number of benzene rings is 1. The van der Waals surface area contributed by atoms with Crippen LogP contribution in [-0.4, -0.2) is 55.7 Å². The highest BCUT2D eigenvalue weighted by Crippen LogP contribution is 2.37. The van der Waals surface area contributed by atoms with Gasteiger partial charge in [-0.05, 0) is 67.6 Å². The second-order valence-electron chi connectivity index (χ2n) is 8.00. The molecule has 0 bridgehead atoms. The highest BCUT2D eigenvalue weighted by Gasteiger charge is 2.35. The first-order chi connectivity index (χ1) is 14.8. The molecule has 31 heavy (non-hydrogen) atoms. The van der Waals surface area contributed by atoms with Crippen LogP contribution in [0.3, 0.4) is 0 Å². The van der Waals surface area contributed by atoms with Crippen molar-refractivity contribution in [3.8, 4) is 11.5 Å². The zero-order valence-corrected chi connectivity index (χ0v) is 20.8. The summed E-state index contributed by atoms with van der Waals surface area (Å²) >= 11 is 3.86. The minimum absolute atomic E-state index is 0.0473. The van der Waals surface area contributed by atoms with Crippen LogP contribution in [0.25, 0.3) is 0 Å². The standard InChI is InChI=1S/C22H27FINO5S/c1-22(2,3)30-21(26)25-11-13-28-17(14-25)20(18-8-9-19(24)31-18)29-16-7-5-4-6-15(16)27-12-10-23/h4-9,17,20H,10-14H2,1-3H3. The van der Waals surface area contributed by atoms with Gasteiger partial charge in [0.05, 0.1) is 16.0 Å². The summed E-state index contributed by atoms with van der Waals surface area (Å²) in [5.74, 6) is 0.971. The van der Waals surface area contributed by atoms with Gasteiger partial charge in [0, 0.05) is 11.4 Å². The first-order valence-electron chi connectivity index (χ1n) is 10.1. The molecule has 1 fully saturated rings. The summed E-state index contributed by atoms with van der Waals surface area (Å²) in [6.07, 6.45) is -1.23. The molecule has 6 nitrogen and oxygen atoms in total. The second-order valence-corrected chi connectivity index (χ2v) is 11.0. The third-order valence-electron chi connectivity index (χ3n) is 4.40. The molecule has 1 aliphatic heterocycles. The largest absolute Gasteiger partial charge is 0.487 e. The molecule has 9 heteroatoms. The van der Waals surface area contributed by atoms with Gasteiger partial charge in [0.1, 0.15) is 25.0 Å². The van der Waals surface area contributed by atoms with Crippen molar-refractivity contribution in [1.29, 1.82) is 0 Å². The van der Waals surface area contributed by atoms with E-state index in [0.717, 1.165) is 7.76 Å². The Bertz CT molecular complexity index is 872. The van der Waals surface area contributed by atoms with Crippen LogP contribution in [0.15, 0.2) is 36.4 Å². The van der Waals surface area contributed by atoms with Crippen LogP contribution >= 0.6 is 33.9 Å². The van der Waals surface area contributed by atoms with E-state index in [9.17, 15) is 9.18 Å². The lowest BCUT2D eigenvalue weighted by atomic mass is 10.1. The average Bonchev–Trinajstić information content (AvgIpc) is 3.16. The first-order valence-corrected chi connectivity index (χ1v) is 12.0. The molecule has 2 atom stereocenters. The Morgan fingerprint density at radius 2 is 2.03 bits per heavy atom. The molecule has 2 unspecified atom stereocenters. The van der Waals surface area contributed by atoms with Crippen LogP contribution in [0.4, 0.5) is 9.18 Å². The van der Waals surface area contributed by atoms with Gasteiger partial charge in [-0.25, -0.2) is 9.18 Å². The summed E-state index contributed by atoms with van der Waals surface area (Å²) in [5, 5.41) is 0. The van der Waals surface area contributed by atoms with Gasteiger partial charge in [0.15, 0.2) is 17.6 Å². The second kappa shape index (κ2) is 10.8. The molecule has 0 spiro atoms. The number of amides is 1. The highest BCUT2D eigenvalue weighted by molar-refractivity contribution is 14.1. The number of nitrogens with zero attached hydrogens (tertiary/aromatic N) is 1. The molecule has 0 aliphatic carbocycles. The van der Waals surface area contributed by atoms with E-state index in [1.165, 1.54) is 0 Å². The van der Waals surface area contributed by atoms with Crippen molar-refractivity contribution in [3.63, 3.8) is 0 Å². The van der Waals surface area contributed by atoms with Crippen molar-refractivity contribution in [1.82, 2.24) is 4.90 Å². The summed E-state index contributed by atoms with van der Waals surface area (Å²) in [6, 6.07) is 11.2. The Hall–Kier alpha value is -1.59. The van der Waals surface area contributed by atoms with E-state index < -0.39 is 24.5 Å². The number of carbonyl (C=O) groups excluding carboxylic acids is 1. The monoisotopic (exact) mass is 563 g/mol. The number of morpholine rings is 1. The summed E-state index contributed by atoms with van der Waals surface area (Å²) < 4.78 is 37.2.